The van der Waals surface area contributed by atoms with Gasteiger partial charge in [0.2, 0.25) is 0 Å². The summed E-state index contributed by atoms with van der Waals surface area (Å²) in [7, 11) is 0. The van der Waals surface area contributed by atoms with Crippen LogP contribution in [0.4, 0.5) is 0 Å². The zero-order valence-corrected chi connectivity index (χ0v) is 9.42. The normalized spacial score (nSPS) is 12.7. The predicted octanol–water partition coefficient (Wildman–Crippen LogP) is 2.35. The van der Waals surface area contributed by atoms with Crippen LogP contribution >= 0.6 is 22.9 Å². The van der Waals surface area contributed by atoms with E-state index < -0.39 is 0 Å². The van der Waals surface area contributed by atoms with Crippen LogP contribution in [0.2, 0.25) is 5.02 Å². The number of aromatic nitrogens is 1. The third-order valence-electron chi connectivity index (χ3n) is 2.13. The SMILES string of the molecule is NNC(c1cscn1)c1ccccc1Cl. The summed E-state index contributed by atoms with van der Waals surface area (Å²) in [4.78, 5) is 4.22. The van der Waals surface area contributed by atoms with Crippen molar-refractivity contribution in [2.45, 2.75) is 6.04 Å². The Morgan fingerprint density at radius 1 is 1.40 bits per heavy atom. The number of halogens is 1. The summed E-state index contributed by atoms with van der Waals surface area (Å²) in [6, 6.07) is 7.45. The van der Waals surface area contributed by atoms with E-state index in [1.54, 1.807) is 5.51 Å². The maximum Gasteiger partial charge on any atom is 0.0904 e. The molecule has 0 saturated heterocycles. The van der Waals surface area contributed by atoms with Gasteiger partial charge in [-0.2, -0.15) is 0 Å². The fraction of sp³-hybridized carbons (Fsp3) is 0.100. The fourth-order valence-corrected chi connectivity index (χ4v) is 2.23. The number of hydrazine groups is 1. The van der Waals surface area contributed by atoms with Crippen LogP contribution in [0.25, 0.3) is 0 Å². The van der Waals surface area contributed by atoms with Crippen LogP contribution in [0.3, 0.4) is 0 Å². The van der Waals surface area contributed by atoms with E-state index >= 15 is 0 Å². The topological polar surface area (TPSA) is 50.9 Å². The van der Waals surface area contributed by atoms with Gasteiger partial charge in [-0.1, -0.05) is 29.8 Å². The molecule has 0 aliphatic carbocycles. The van der Waals surface area contributed by atoms with E-state index in [1.807, 2.05) is 29.6 Å². The van der Waals surface area contributed by atoms with Gasteiger partial charge in [0.15, 0.2) is 0 Å². The first-order valence-corrected chi connectivity index (χ1v) is 5.73. The number of thiazole rings is 1. The van der Waals surface area contributed by atoms with E-state index in [2.05, 4.69) is 10.4 Å². The second-order valence-corrected chi connectivity index (χ2v) is 4.16. The Labute approximate surface area is 96.9 Å². The molecule has 1 aromatic heterocycles. The van der Waals surface area contributed by atoms with Gasteiger partial charge in [0.25, 0.3) is 0 Å². The first-order valence-electron chi connectivity index (χ1n) is 4.41. The van der Waals surface area contributed by atoms with E-state index in [4.69, 9.17) is 17.4 Å². The Morgan fingerprint density at radius 3 is 2.80 bits per heavy atom. The van der Waals surface area contributed by atoms with Crippen LogP contribution in [0.15, 0.2) is 35.2 Å². The molecular formula is C10H10ClN3S. The van der Waals surface area contributed by atoms with Crippen LogP contribution in [-0.4, -0.2) is 4.98 Å². The maximum atomic E-state index is 6.09. The smallest absolute Gasteiger partial charge is 0.0904 e. The highest BCUT2D eigenvalue weighted by Gasteiger charge is 2.16. The van der Waals surface area contributed by atoms with Gasteiger partial charge in [0.1, 0.15) is 0 Å². The van der Waals surface area contributed by atoms with Gasteiger partial charge >= 0.3 is 0 Å². The minimum absolute atomic E-state index is 0.148. The van der Waals surface area contributed by atoms with E-state index in [1.165, 1.54) is 11.3 Å². The van der Waals surface area contributed by atoms with Crippen molar-refractivity contribution in [2.24, 2.45) is 5.84 Å². The number of hydrogen-bond acceptors (Lipinski definition) is 4. The van der Waals surface area contributed by atoms with Crippen LogP contribution < -0.4 is 11.3 Å². The molecule has 2 aromatic rings. The zero-order chi connectivity index (χ0) is 10.7. The lowest BCUT2D eigenvalue weighted by molar-refractivity contribution is 0.624. The summed E-state index contributed by atoms with van der Waals surface area (Å²) in [5.74, 6) is 5.52. The second kappa shape index (κ2) is 4.72. The molecule has 0 aliphatic heterocycles. The molecule has 0 fully saturated rings. The second-order valence-electron chi connectivity index (χ2n) is 3.03. The van der Waals surface area contributed by atoms with Crippen molar-refractivity contribution >= 4 is 22.9 Å². The highest BCUT2D eigenvalue weighted by Crippen LogP contribution is 2.27. The summed E-state index contributed by atoms with van der Waals surface area (Å²) in [6.45, 7) is 0. The minimum Gasteiger partial charge on any atom is -0.271 e. The van der Waals surface area contributed by atoms with E-state index in [-0.39, 0.29) is 6.04 Å². The highest BCUT2D eigenvalue weighted by molar-refractivity contribution is 7.07. The van der Waals surface area contributed by atoms with Gasteiger partial charge in [-0.15, -0.1) is 11.3 Å². The summed E-state index contributed by atoms with van der Waals surface area (Å²) in [6.07, 6.45) is 0. The molecule has 3 nitrogen and oxygen atoms in total. The van der Waals surface area contributed by atoms with Crippen LogP contribution in [0.5, 0.6) is 0 Å². The molecule has 0 saturated carbocycles. The lowest BCUT2D eigenvalue weighted by Gasteiger charge is -2.15. The average molecular weight is 240 g/mol. The highest BCUT2D eigenvalue weighted by atomic mass is 35.5. The van der Waals surface area contributed by atoms with Gasteiger partial charge in [-0.05, 0) is 11.6 Å². The molecule has 0 bridgehead atoms. The van der Waals surface area contributed by atoms with Crippen molar-refractivity contribution < 1.29 is 0 Å². The van der Waals surface area contributed by atoms with Crippen LogP contribution in [-0.2, 0) is 0 Å². The van der Waals surface area contributed by atoms with Gasteiger partial charge in [0, 0.05) is 10.4 Å². The van der Waals surface area contributed by atoms with Gasteiger partial charge < -0.3 is 0 Å². The Morgan fingerprint density at radius 2 is 2.20 bits per heavy atom. The number of rotatable bonds is 3. The first kappa shape index (κ1) is 10.6. The van der Waals surface area contributed by atoms with Gasteiger partial charge in [-0.25, -0.2) is 10.4 Å². The fourth-order valence-electron chi connectivity index (χ4n) is 1.41. The third-order valence-corrected chi connectivity index (χ3v) is 3.08. The Bertz CT molecular complexity index is 430. The molecule has 5 heteroatoms. The molecular weight excluding hydrogens is 230 g/mol. The van der Waals surface area contributed by atoms with Crippen molar-refractivity contribution in [3.63, 3.8) is 0 Å². The van der Waals surface area contributed by atoms with E-state index in [0.29, 0.717) is 5.02 Å². The molecule has 0 radical (unpaired) electrons. The van der Waals surface area contributed by atoms with Crippen LogP contribution in [0.1, 0.15) is 17.3 Å². The molecule has 1 atom stereocenters. The number of nitrogens with one attached hydrogen (secondary N) is 1. The third kappa shape index (κ3) is 2.18. The van der Waals surface area contributed by atoms with E-state index in [9.17, 15) is 0 Å². The largest absolute Gasteiger partial charge is 0.271 e. The molecule has 3 N–H and O–H groups in total. The molecule has 1 aromatic carbocycles. The van der Waals surface area contributed by atoms with Crippen molar-refractivity contribution in [2.75, 3.05) is 0 Å². The monoisotopic (exact) mass is 239 g/mol. The molecule has 2 rings (SSSR count). The standard InChI is InChI=1S/C10H10ClN3S/c11-8-4-2-1-3-7(8)10(14-12)9-5-15-6-13-9/h1-6,10,14H,12H2. The van der Waals surface area contributed by atoms with Crippen molar-refractivity contribution in [3.05, 3.63) is 51.4 Å². The number of nitrogens with zero attached hydrogens (tertiary/aromatic N) is 1. The zero-order valence-electron chi connectivity index (χ0n) is 7.85. The van der Waals surface area contributed by atoms with Crippen molar-refractivity contribution in [1.29, 1.82) is 0 Å². The molecule has 0 amide bonds. The molecule has 78 valence electrons. The van der Waals surface area contributed by atoms with Gasteiger partial charge in [-0.3, -0.25) is 5.84 Å². The lowest BCUT2D eigenvalue weighted by atomic mass is 10.1. The quantitative estimate of drug-likeness (QED) is 0.639. The van der Waals surface area contributed by atoms with Crippen LogP contribution in [0, 0.1) is 0 Å². The van der Waals surface area contributed by atoms with Gasteiger partial charge in [0.05, 0.1) is 17.2 Å². The Hall–Kier alpha value is -0.940. The number of hydrogen-bond donors (Lipinski definition) is 2. The lowest BCUT2D eigenvalue weighted by Crippen LogP contribution is -2.29. The number of benzene rings is 1. The van der Waals surface area contributed by atoms with E-state index in [0.717, 1.165) is 11.3 Å². The average Bonchev–Trinajstić information content (AvgIpc) is 2.75. The maximum absolute atomic E-state index is 6.09. The predicted molar refractivity (Wildman–Crippen MR) is 62.7 cm³/mol. The van der Waals surface area contributed by atoms with Crippen molar-refractivity contribution in [3.8, 4) is 0 Å². The summed E-state index contributed by atoms with van der Waals surface area (Å²) in [5, 5.41) is 2.64. The number of nitrogens with two attached hydrogens (primary N) is 1. The summed E-state index contributed by atoms with van der Waals surface area (Å²) < 4.78 is 0. The summed E-state index contributed by atoms with van der Waals surface area (Å²) in [5.41, 5.74) is 6.32. The molecule has 1 heterocycles. The first-order chi connectivity index (χ1) is 7.33. The summed E-state index contributed by atoms with van der Waals surface area (Å²) >= 11 is 7.63. The molecule has 15 heavy (non-hydrogen) atoms. The molecule has 1 unspecified atom stereocenters. The molecule has 0 aliphatic rings. The Kier molecular flexibility index (Phi) is 3.33. The minimum atomic E-state index is -0.148. The van der Waals surface area contributed by atoms with Crippen molar-refractivity contribution in [1.82, 2.24) is 10.4 Å². The molecule has 0 spiro atoms. The Balaban J connectivity index is 2.40.